The highest BCUT2D eigenvalue weighted by molar-refractivity contribution is 4.91. The maximum absolute atomic E-state index is 12.0. The minimum Gasteiger partial charge on any atom is -0.375 e. The van der Waals surface area contributed by atoms with Crippen LogP contribution in [0.2, 0.25) is 0 Å². The number of hydrogen-bond acceptors (Lipinski definition) is 4. The monoisotopic (exact) mass is 304 g/mol. The quantitative estimate of drug-likeness (QED) is 0.638. The van der Waals surface area contributed by atoms with Gasteiger partial charge in [-0.3, -0.25) is 0 Å². The van der Waals surface area contributed by atoms with Crippen LogP contribution in [-0.4, -0.2) is 47.0 Å². The van der Waals surface area contributed by atoms with Gasteiger partial charge in [-0.25, -0.2) is 18.4 Å². The van der Waals surface area contributed by atoms with Gasteiger partial charge in [0.15, 0.2) is 0 Å². The summed E-state index contributed by atoms with van der Waals surface area (Å²) >= 11 is 0. The Morgan fingerprint density at radius 3 is 2.76 bits per heavy atom. The number of aromatic nitrogens is 3. The number of rotatable bonds is 11. The maximum atomic E-state index is 12.0. The predicted octanol–water partition coefficient (Wildman–Crippen LogP) is 2.44. The molecule has 0 saturated carbocycles. The molecule has 0 aliphatic heterocycles. The second-order valence-corrected chi connectivity index (χ2v) is 5.32. The van der Waals surface area contributed by atoms with Crippen LogP contribution in [0.1, 0.15) is 45.5 Å². The van der Waals surface area contributed by atoms with E-state index in [0.717, 1.165) is 25.2 Å². The van der Waals surface area contributed by atoms with Crippen molar-refractivity contribution in [3.8, 4) is 0 Å². The molecule has 1 heterocycles. The molecule has 0 amide bonds. The van der Waals surface area contributed by atoms with Gasteiger partial charge in [0, 0.05) is 25.1 Å². The van der Waals surface area contributed by atoms with E-state index in [1.54, 1.807) is 6.33 Å². The van der Waals surface area contributed by atoms with E-state index in [-0.39, 0.29) is 12.1 Å². The van der Waals surface area contributed by atoms with Gasteiger partial charge in [0.25, 0.3) is 6.43 Å². The third-order valence-electron chi connectivity index (χ3n) is 3.10. The lowest BCUT2D eigenvalue weighted by Gasteiger charge is -2.19. The van der Waals surface area contributed by atoms with E-state index in [2.05, 4.69) is 36.2 Å². The molecule has 7 heteroatoms. The Kier molecular flexibility index (Phi) is 8.37. The zero-order valence-corrected chi connectivity index (χ0v) is 13.1. The number of hydrogen-bond donors (Lipinski definition) is 1. The highest BCUT2D eigenvalue weighted by Crippen LogP contribution is 2.09. The lowest BCUT2D eigenvalue weighted by Crippen LogP contribution is -2.34. The summed E-state index contributed by atoms with van der Waals surface area (Å²) in [7, 11) is 0. The first kappa shape index (κ1) is 18.0. The normalized spacial score (nSPS) is 13.3. The Balaban J connectivity index is 2.50. The van der Waals surface area contributed by atoms with Crippen LogP contribution in [0.15, 0.2) is 6.33 Å². The first-order valence-corrected chi connectivity index (χ1v) is 7.52. The molecular weight excluding hydrogens is 278 g/mol. The summed E-state index contributed by atoms with van der Waals surface area (Å²) < 4.78 is 31.0. The van der Waals surface area contributed by atoms with E-state index in [1.807, 2.05) is 4.68 Å². The molecule has 1 rings (SSSR count). The van der Waals surface area contributed by atoms with Gasteiger partial charge >= 0.3 is 0 Å². The Hall–Kier alpha value is -1.08. The largest absolute Gasteiger partial charge is 0.375 e. The number of halogens is 2. The molecule has 1 atom stereocenters. The summed E-state index contributed by atoms with van der Waals surface area (Å²) in [5.74, 6) is 0.910. The van der Waals surface area contributed by atoms with E-state index >= 15 is 0 Å². The zero-order chi connectivity index (χ0) is 15.7. The van der Waals surface area contributed by atoms with Crippen molar-refractivity contribution in [3.63, 3.8) is 0 Å². The average molecular weight is 304 g/mol. The molecule has 0 aliphatic rings. The van der Waals surface area contributed by atoms with Gasteiger partial charge in [-0.1, -0.05) is 6.92 Å². The molecule has 1 N–H and O–H groups in total. The molecule has 0 saturated heterocycles. The second-order valence-electron chi connectivity index (χ2n) is 5.32. The maximum Gasteiger partial charge on any atom is 0.261 e. The van der Waals surface area contributed by atoms with Crippen LogP contribution in [0.5, 0.6) is 0 Å². The van der Waals surface area contributed by atoms with E-state index in [4.69, 9.17) is 4.74 Å². The number of nitrogens with one attached hydrogen (secondary N) is 1. The van der Waals surface area contributed by atoms with Crippen LogP contribution in [0.4, 0.5) is 8.78 Å². The molecule has 21 heavy (non-hydrogen) atoms. The van der Waals surface area contributed by atoms with Crippen molar-refractivity contribution in [2.45, 2.75) is 58.5 Å². The molecule has 1 unspecified atom stereocenters. The minimum absolute atomic E-state index is 0.157. The Bertz CT molecular complexity index is 385. The van der Waals surface area contributed by atoms with Gasteiger partial charge in [0.1, 0.15) is 18.8 Å². The van der Waals surface area contributed by atoms with Crippen LogP contribution < -0.4 is 5.32 Å². The van der Waals surface area contributed by atoms with Gasteiger partial charge in [0.05, 0.1) is 0 Å². The number of ether oxygens (including phenoxy) is 1. The molecule has 122 valence electrons. The molecule has 1 aromatic heterocycles. The molecular formula is C14H26F2N4O. The van der Waals surface area contributed by atoms with E-state index in [9.17, 15) is 8.78 Å². The lowest BCUT2D eigenvalue weighted by molar-refractivity contribution is 0.0143. The molecule has 5 nitrogen and oxygen atoms in total. The van der Waals surface area contributed by atoms with Crippen LogP contribution in [0.25, 0.3) is 0 Å². The molecule has 0 aliphatic carbocycles. The highest BCUT2D eigenvalue weighted by Gasteiger charge is 2.15. The molecule has 0 radical (unpaired) electrons. The van der Waals surface area contributed by atoms with Crippen molar-refractivity contribution in [3.05, 3.63) is 12.2 Å². The van der Waals surface area contributed by atoms with Crippen LogP contribution in [-0.2, 0) is 11.2 Å². The third-order valence-corrected chi connectivity index (χ3v) is 3.10. The smallest absolute Gasteiger partial charge is 0.261 e. The second kappa shape index (κ2) is 9.78. The molecule has 0 fully saturated rings. The highest BCUT2D eigenvalue weighted by atomic mass is 19.3. The summed E-state index contributed by atoms with van der Waals surface area (Å²) in [5.41, 5.74) is 0. The van der Waals surface area contributed by atoms with Gasteiger partial charge in [-0.15, -0.1) is 0 Å². The Morgan fingerprint density at radius 1 is 1.38 bits per heavy atom. The molecule has 0 spiro atoms. The number of alkyl halides is 2. The zero-order valence-electron chi connectivity index (χ0n) is 13.1. The standard InChI is InChI=1S/C14H26F2N4O/c1-4-6-17-12(5-7-21-9-13(15)16)8-14-18-10-19-20(14)11(2)3/h10-13,17H,4-9H2,1-3H3. The fourth-order valence-electron chi connectivity index (χ4n) is 2.09. The van der Waals surface area contributed by atoms with Gasteiger partial charge < -0.3 is 10.1 Å². The van der Waals surface area contributed by atoms with Crippen LogP contribution >= 0.6 is 0 Å². The van der Waals surface area contributed by atoms with Crippen molar-refractivity contribution in [1.29, 1.82) is 0 Å². The first-order valence-electron chi connectivity index (χ1n) is 7.52. The van der Waals surface area contributed by atoms with Crippen molar-refractivity contribution in [2.75, 3.05) is 19.8 Å². The summed E-state index contributed by atoms with van der Waals surface area (Å²) in [5, 5.41) is 7.63. The van der Waals surface area contributed by atoms with Gasteiger partial charge in [0.2, 0.25) is 0 Å². The van der Waals surface area contributed by atoms with E-state index < -0.39 is 13.0 Å². The molecule has 0 bridgehead atoms. The topological polar surface area (TPSA) is 52.0 Å². The fourth-order valence-corrected chi connectivity index (χ4v) is 2.09. The van der Waals surface area contributed by atoms with Gasteiger partial charge in [-0.2, -0.15) is 5.10 Å². The summed E-state index contributed by atoms with van der Waals surface area (Å²) in [6.07, 6.45) is 1.56. The number of nitrogens with zero attached hydrogens (tertiary/aromatic N) is 3. The Labute approximate surface area is 125 Å². The summed E-state index contributed by atoms with van der Waals surface area (Å²) in [6.45, 7) is 6.91. The third kappa shape index (κ3) is 6.95. The van der Waals surface area contributed by atoms with Crippen molar-refractivity contribution < 1.29 is 13.5 Å². The summed E-state index contributed by atoms with van der Waals surface area (Å²) in [6, 6.07) is 0.411. The van der Waals surface area contributed by atoms with Crippen LogP contribution in [0.3, 0.4) is 0 Å². The fraction of sp³-hybridized carbons (Fsp3) is 0.857. The average Bonchev–Trinajstić information content (AvgIpc) is 2.88. The van der Waals surface area contributed by atoms with E-state index in [1.165, 1.54) is 0 Å². The summed E-state index contributed by atoms with van der Waals surface area (Å²) in [4.78, 5) is 4.29. The molecule has 0 aromatic carbocycles. The Morgan fingerprint density at radius 2 is 2.14 bits per heavy atom. The minimum atomic E-state index is -2.41. The van der Waals surface area contributed by atoms with Crippen LogP contribution in [0, 0.1) is 0 Å². The predicted molar refractivity (Wildman–Crippen MR) is 77.6 cm³/mol. The van der Waals surface area contributed by atoms with Crippen molar-refractivity contribution in [2.24, 2.45) is 0 Å². The van der Waals surface area contributed by atoms with Crippen molar-refractivity contribution in [1.82, 2.24) is 20.1 Å². The molecule has 1 aromatic rings. The first-order chi connectivity index (χ1) is 10.0. The lowest BCUT2D eigenvalue weighted by atomic mass is 10.1. The SMILES string of the molecule is CCCNC(CCOCC(F)F)Cc1ncnn1C(C)C. The van der Waals surface area contributed by atoms with Gasteiger partial charge in [-0.05, 0) is 33.2 Å². The van der Waals surface area contributed by atoms with Crippen molar-refractivity contribution >= 4 is 0 Å². The van der Waals surface area contributed by atoms with E-state index in [0.29, 0.717) is 13.0 Å².